The molecule has 6 nitrogen and oxygen atoms in total. The number of thiazole rings is 1. The molecule has 7 heteroatoms. The summed E-state index contributed by atoms with van der Waals surface area (Å²) < 4.78 is 0. The minimum Gasteiger partial charge on any atom is -0.338 e. The maximum atomic E-state index is 12.4. The van der Waals surface area contributed by atoms with Gasteiger partial charge in [0.2, 0.25) is 5.91 Å². The molecule has 0 aliphatic heterocycles. The van der Waals surface area contributed by atoms with Crippen LogP contribution in [0.25, 0.3) is 10.4 Å². The van der Waals surface area contributed by atoms with Crippen LogP contribution >= 0.6 is 11.3 Å². The number of aryl methyl sites for hydroxylation is 1. The van der Waals surface area contributed by atoms with E-state index in [1.165, 1.54) is 11.3 Å². The zero-order valence-corrected chi connectivity index (χ0v) is 17.3. The Kier molecular flexibility index (Phi) is 6.97. The van der Waals surface area contributed by atoms with Crippen LogP contribution in [0.15, 0.2) is 54.6 Å². The van der Waals surface area contributed by atoms with Gasteiger partial charge in [-0.05, 0) is 36.6 Å². The fourth-order valence-electron chi connectivity index (χ4n) is 2.78. The number of anilines is 2. The monoisotopic (exact) mass is 408 g/mol. The molecule has 0 radical (unpaired) electrons. The molecule has 0 aliphatic carbocycles. The largest absolute Gasteiger partial charge is 0.338 e. The third-order valence-electron chi connectivity index (χ3n) is 4.19. The number of nitrogens with one attached hydrogen (secondary N) is 3. The molecule has 3 N–H and O–H groups in total. The molecule has 150 valence electrons. The minimum atomic E-state index is -0.231. The summed E-state index contributed by atoms with van der Waals surface area (Å²) in [5.74, 6) is -0.125. The molecule has 29 heavy (non-hydrogen) atoms. The highest BCUT2D eigenvalue weighted by molar-refractivity contribution is 7.19. The van der Waals surface area contributed by atoms with Gasteiger partial charge >= 0.3 is 6.03 Å². The minimum absolute atomic E-state index is 0.125. The Morgan fingerprint density at radius 2 is 1.72 bits per heavy atom. The number of amides is 3. The maximum Gasteiger partial charge on any atom is 0.319 e. The van der Waals surface area contributed by atoms with Crippen LogP contribution < -0.4 is 16.0 Å². The van der Waals surface area contributed by atoms with Crippen molar-refractivity contribution in [1.82, 2.24) is 10.3 Å². The molecule has 2 aromatic carbocycles. The fourth-order valence-corrected chi connectivity index (χ4v) is 3.76. The number of hydrogen-bond donors (Lipinski definition) is 3. The highest BCUT2D eigenvalue weighted by atomic mass is 32.1. The highest BCUT2D eigenvalue weighted by Crippen LogP contribution is 2.32. The molecule has 0 unspecified atom stereocenters. The van der Waals surface area contributed by atoms with Crippen molar-refractivity contribution in [2.75, 3.05) is 17.2 Å². The van der Waals surface area contributed by atoms with E-state index in [4.69, 9.17) is 0 Å². The van der Waals surface area contributed by atoms with E-state index in [0.29, 0.717) is 17.4 Å². The van der Waals surface area contributed by atoms with Gasteiger partial charge in [-0.25, -0.2) is 9.78 Å². The standard InChI is InChI=1S/C22H24N4O2S/c1-3-13-23-21(28)25-18-11-9-16(10-12-18)14-19(27)26-22-24-15(2)20(29-22)17-7-5-4-6-8-17/h4-12H,3,13-14H2,1-2H3,(H2,23,25,28)(H,24,26,27). The first kappa shape index (κ1) is 20.5. The number of nitrogens with zero attached hydrogens (tertiary/aromatic N) is 1. The van der Waals surface area contributed by atoms with E-state index in [0.717, 1.165) is 28.1 Å². The third-order valence-corrected chi connectivity index (χ3v) is 5.31. The molecule has 3 aromatic rings. The first-order valence-corrected chi connectivity index (χ1v) is 10.3. The van der Waals surface area contributed by atoms with Gasteiger partial charge in [-0.3, -0.25) is 4.79 Å². The third kappa shape index (κ3) is 5.89. The van der Waals surface area contributed by atoms with Crippen LogP contribution in [-0.4, -0.2) is 23.5 Å². The number of hydrogen-bond acceptors (Lipinski definition) is 4. The summed E-state index contributed by atoms with van der Waals surface area (Å²) in [6, 6.07) is 17.0. The predicted octanol–water partition coefficient (Wildman–Crippen LogP) is 4.83. The van der Waals surface area contributed by atoms with Crippen molar-refractivity contribution in [2.45, 2.75) is 26.7 Å². The summed E-state index contributed by atoms with van der Waals surface area (Å²) in [6.45, 7) is 4.57. The van der Waals surface area contributed by atoms with Gasteiger partial charge in [0.05, 0.1) is 17.0 Å². The molecule has 0 saturated heterocycles. The average molecular weight is 409 g/mol. The van der Waals surface area contributed by atoms with E-state index in [9.17, 15) is 9.59 Å². The summed E-state index contributed by atoms with van der Waals surface area (Å²) in [5.41, 5.74) is 3.53. The van der Waals surface area contributed by atoms with E-state index < -0.39 is 0 Å². The summed E-state index contributed by atoms with van der Waals surface area (Å²) in [5, 5.41) is 8.99. The average Bonchev–Trinajstić information content (AvgIpc) is 3.08. The maximum absolute atomic E-state index is 12.4. The Bertz CT molecular complexity index is 968. The van der Waals surface area contributed by atoms with Crippen molar-refractivity contribution in [3.63, 3.8) is 0 Å². The predicted molar refractivity (Wildman–Crippen MR) is 118 cm³/mol. The second-order valence-electron chi connectivity index (χ2n) is 6.60. The van der Waals surface area contributed by atoms with Crippen molar-refractivity contribution in [3.05, 3.63) is 65.9 Å². The summed E-state index contributed by atoms with van der Waals surface area (Å²) in [7, 11) is 0. The summed E-state index contributed by atoms with van der Waals surface area (Å²) in [4.78, 5) is 29.6. The van der Waals surface area contributed by atoms with Crippen LogP contribution in [0.3, 0.4) is 0 Å². The van der Waals surface area contributed by atoms with Crippen molar-refractivity contribution in [2.24, 2.45) is 0 Å². The van der Waals surface area contributed by atoms with Gasteiger partial charge < -0.3 is 16.0 Å². The molecule has 0 aliphatic rings. The second kappa shape index (κ2) is 9.84. The van der Waals surface area contributed by atoms with E-state index >= 15 is 0 Å². The molecule has 1 heterocycles. The zero-order chi connectivity index (χ0) is 20.6. The van der Waals surface area contributed by atoms with Gasteiger partial charge in [-0.15, -0.1) is 0 Å². The van der Waals surface area contributed by atoms with Crippen molar-refractivity contribution >= 4 is 34.1 Å². The molecule has 0 spiro atoms. The van der Waals surface area contributed by atoms with Crippen LogP contribution in [0, 0.1) is 6.92 Å². The van der Waals surface area contributed by atoms with E-state index in [-0.39, 0.29) is 18.4 Å². The van der Waals surface area contributed by atoms with Gasteiger partial charge in [-0.2, -0.15) is 0 Å². The molecular weight excluding hydrogens is 384 g/mol. The lowest BCUT2D eigenvalue weighted by Gasteiger charge is -2.07. The second-order valence-corrected chi connectivity index (χ2v) is 7.60. The fraction of sp³-hybridized carbons (Fsp3) is 0.227. The molecule has 0 fully saturated rings. The Balaban J connectivity index is 1.56. The Hall–Kier alpha value is -3.19. The van der Waals surface area contributed by atoms with Crippen LogP contribution in [0.2, 0.25) is 0 Å². The number of rotatable bonds is 7. The number of aromatic nitrogens is 1. The number of benzene rings is 2. The normalized spacial score (nSPS) is 10.4. The van der Waals surface area contributed by atoms with Crippen LogP contribution in [0.5, 0.6) is 0 Å². The zero-order valence-electron chi connectivity index (χ0n) is 16.5. The highest BCUT2D eigenvalue weighted by Gasteiger charge is 2.12. The van der Waals surface area contributed by atoms with Gasteiger partial charge in [-0.1, -0.05) is 60.7 Å². The summed E-state index contributed by atoms with van der Waals surface area (Å²) in [6.07, 6.45) is 1.12. The Morgan fingerprint density at radius 3 is 2.41 bits per heavy atom. The summed E-state index contributed by atoms with van der Waals surface area (Å²) >= 11 is 1.47. The number of urea groups is 1. The topological polar surface area (TPSA) is 83.1 Å². The van der Waals surface area contributed by atoms with Crippen molar-refractivity contribution in [1.29, 1.82) is 0 Å². The molecule has 0 atom stereocenters. The SMILES string of the molecule is CCCNC(=O)Nc1ccc(CC(=O)Nc2nc(C)c(-c3ccccc3)s2)cc1. The van der Waals surface area contributed by atoms with Crippen molar-refractivity contribution in [3.8, 4) is 10.4 Å². The van der Waals surface area contributed by atoms with E-state index in [2.05, 4.69) is 20.9 Å². The smallest absolute Gasteiger partial charge is 0.319 e. The van der Waals surface area contributed by atoms with Crippen LogP contribution in [0.4, 0.5) is 15.6 Å². The Labute approximate surface area is 174 Å². The van der Waals surface area contributed by atoms with Crippen LogP contribution in [-0.2, 0) is 11.2 Å². The lowest BCUT2D eigenvalue weighted by molar-refractivity contribution is -0.115. The molecule has 0 bridgehead atoms. The first-order chi connectivity index (χ1) is 14.0. The van der Waals surface area contributed by atoms with E-state index in [1.54, 1.807) is 12.1 Å². The van der Waals surface area contributed by atoms with Gasteiger partial charge in [0.15, 0.2) is 5.13 Å². The Morgan fingerprint density at radius 1 is 1.00 bits per heavy atom. The van der Waals surface area contributed by atoms with Gasteiger partial charge in [0.25, 0.3) is 0 Å². The van der Waals surface area contributed by atoms with Crippen LogP contribution in [0.1, 0.15) is 24.6 Å². The first-order valence-electron chi connectivity index (χ1n) is 9.51. The number of carbonyl (C=O) groups is 2. The molecule has 3 amide bonds. The van der Waals surface area contributed by atoms with Crippen molar-refractivity contribution < 1.29 is 9.59 Å². The van der Waals surface area contributed by atoms with E-state index in [1.807, 2.05) is 56.3 Å². The molecular formula is C22H24N4O2S. The molecule has 0 saturated carbocycles. The number of carbonyl (C=O) groups excluding carboxylic acids is 2. The van der Waals surface area contributed by atoms with Gasteiger partial charge in [0.1, 0.15) is 0 Å². The van der Waals surface area contributed by atoms with Gasteiger partial charge in [0, 0.05) is 12.2 Å². The molecule has 3 rings (SSSR count). The lowest BCUT2D eigenvalue weighted by atomic mass is 10.1. The molecule has 1 aromatic heterocycles. The lowest BCUT2D eigenvalue weighted by Crippen LogP contribution is -2.29. The quantitative estimate of drug-likeness (QED) is 0.523.